The second-order valence-electron chi connectivity index (χ2n) is 11.3. The molecule has 0 spiro atoms. The molecule has 0 saturated carbocycles. The summed E-state index contributed by atoms with van der Waals surface area (Å²) in [5.74, 6) is -0.272. The van der Waals surface area contributed by atoms with E-state index in [1.54, 1.807) is 0 Å². The van der Waals surface area contributed by atoms with Crippen molar-refractivity contribution in [2.75, 3.05) is 29.2 Å². The number of nitrogens with one attached hydrogen (secondary N) is 4. The van der Waals surface area contributed by atoms with Gasteiger partial charge in [-0.1, -0.05) is 42.5 Å². The van der Waals surface area contributed by atoms with Gasteiger partial charge in [-0.15, -0.1) is 0 Å². The normalized spacial score (nSPS) is 24.2. The molecule has 0 saturated heterocycles. The number of allylic oxidation sites excluding steroid dienone is 2. The second kappa shape index (κ2) is 8.55. The highest BCUT2D eigenvalue weighted by Gasteiger charge is 2.41. The first-order chi connectivity index (χ1) is 19.3. The molecule has 8 heteroatoms. The van der Waals surface area contributed by atoms with Crippen LogP contribution in [0.1, 0.15) is 32.3 Å². The van der Waals surface area contributed by atoms with Gasteiger partial charge in [-0.25, -0.2) is 4.99 Å². The maximum absolute atomic E-state index is 13.9. The molecule has 2 atom stereocenters. The van der Waals surface area contributed by atoms with Gasteiger partial charge in [0.05, 0.1) is 46.2 Å². The van der Waals surface area contributed by atoms with Crippen molar-refractivity contribution in [3.8, 4) is 0 Å². The summed E-state index contributed by atoms with van der Waals surface area (Å²) < 4.78 is 0. The molecule has 4 aromatic carbocycles. The SMILES string of the molecule is CC1(CCO)Nc2cccc3ccc(C4=C(O)/C(=c5/ccc6cccc7c6c5=[NH+]C(C)(CCO)N7)C4=O)c(c23)N1. The van der Waals surface area contributed by atoms with Crippen molar-refractivity contribution in [2.24, 2.45) is 0 Å². The van der Waals surface area contributed by atoms with Crippen molar-refractivity contribution < 1.29 is 25.1 Å². The molecule has 8 nitrogen and oxygen atoms in total. The van der Waals surface area contributed by atoms with Crippen LogP contribution < -0.4 is 31.5 Å². The van der Waals surface area contributed by atoms with Crippen LogP contribution >= 0.6 is 0 Å². The summed E-state index contributed by atoms with van der Waals surface area (Å²) in [5.41, 5.74) is 2.50. The van der Waals surface area contributed by atoms with Crippen LogP contribution in [0.15, 0.2) is 66.4 Å². The Bertz CT molecular complexity index is 1930. The first-order valence-corrected chi connectivity index (χ1v) is 13.6. The molecule has 3 aliphatic rings. The van der Waals surface area contributed by atoms with Gasteiger partial charge >= 0.3 is 0 Å². The largest absolute Gasteiger partial charge is 0.506 e. The lowest BCUT2D eigenvalue weighted by molar-refractivity contribution is -0.580. The van der Waals surface area contributed by atoms with Crippen LogP contribution in [0.2, 0.25) is 0 Å². The molecule has 0 radical (unpaired) electrons. The van der Waals surface area contributed by atoms with E-state index in [-0.39, 0.29) is 35.9 Å². The molecule has 4 aromatic rings. The molecule has 2 heterocycles. The number of Topliss-reactive ketones (excluding diaryl/α,β-unsaturated/α-hetero) is 1. The minimum Gasteiger partial charge on any atom is -0.506 e. The van der Waals surface area contributed by atoms with Gasteiger partial charge in [-0.3, -0.25) is 4.79 Å². The van der Waals surface area contributed by atoms with Crippen LogP contribution in [-0.4, -0.2) is 45.6 Å². The zero-order valence-corrected chi connectivity index (χ0v) is 22.4. The summed E-state index contributed by atoms with van der Waals surface area (Å²) in [5, 5.41) is 46.7. The van der Waals surface area contributed by atoms with Crippen molar-refractivity contribution in [2.45, 2.75) is 38.0 Å². The van der Waals surface area contributed by atoms with Gasteiger partial charge in [0.1, 0.15) is 11.4 Å². The minimum atomic E-state index is -0.630. The average Bonchev–Trinajstić information content (AvgIpc) is 2.91. The third kappa shape index (κ3) is 3.46. The van der Waals surface area contributed by atoms with E-state index in [2.05, 4.69) is 20.9 Å². The van der Waals surface area contributed by atoms with Crippen molar-refractivity contribution in [3.05, 3.63) is 82.6 Å². The van der Waals surface area contributed by atoms with E-state index in [9.17, 15) is 20.1 Å². The Morgan fingerprint density at radius 3 is 2.15 bits per heavy atom. The van der Waals surface area contributed by atoms with E-state index in [1.807, 2.05) is 74.5 Å². The standard InChI is InChI=1S/C32H30N4O4/c1-31(13-15-37)33-21-7-3-5-17-9-11-19(27(35-31)23(17)21)25-29(39)26(30(25)40)20-12-10-18-6-4-8-22-24(18)28(20)36-32(2,34-22)14-16-38/h3-12,33-35,37-39H,13-16H2,1-2H3/p+1/b26-20+. The average molecular weight is 536 g/mol. The fourth-order valence-corrected chi connectivity index (χ4v) is 6.45. The van der Waals surface area contributed by atoms with Crippen LogP contribution in [0.25, 0.3) is 32.7 Å². The Kier molecular flexibility index (Phi) is 5.26. The quantitative estimate of drug-likeness (QED) is 0.208. The summed E-state index contributed by atoms with van der Waals surface area (Å²) in [6.45, 7) is 3.91. The van der Waals surface area contributed by atoms with E-state index < -0.39 is 11.3 Å². The van der Waals surface area contributed by atoms with Crippen LogP contribution in [0.4, 0.5) is 17.1 Å². The number of anilines is 3. The highest BCUT2D eigenvalue weighted by Crippen LogP contribution is 2.46. The Morgan fingerprint density at radius 1 is 0.775 bits per heavy atom. The summed E-state index contributed by atoms with van der Waals surface area (Å²) in [4.78, 5) is 17.5. The Labute approximate surface area is 230 Å². The first kappa shape index (κ1) is 24.6. The van der Waals surface area contributed by atoms with Crippen molar-refractivity contribution in [1.29, 1.82) is 0 Å². The van der Waals surface area contributed by atoms with E-state index in [0.717, 1.165) is 44.0 Å². The molecule has 0 bridgehead atoms. The van der Waals surface area contributed by atoms with Crippen molar-refractivity contribution in [1.82, 2.24) is 0 Å². The number of aliphatic hydroxyl groups excluding tert-OH is 3. The van der Waals surface area contributed by atoms with E-state index in [1.165, 1.54) is 0 Å². The Morgan fingerprint density at radius 2 is 1.45 bits per heavy atom. The molecule has 0 fully saturated rings. The Hall–Kier alpha value is -4.40. The van der Waals surface area contributed by atoms with Crippen molar-refractivity contribution in [3.63, 3.8) is 0 Å². The smallest absolute Gasteiger partial charge is 0.233 e. The molecule has 7 rings (SSSR count). The molecule has 7 N–H and O–H groups in total. The van der Waals surface area contributed by atoms with Gasteiger partial charge in [0.25, 0.3) is 0 Å². The first-order valence-electron chi connectivity index (χ1n) is 13.6. The highest BCUT2D eigenvalue weighted by molar-refractivity contribution is 6.52. The number of rotatable bonds is 5. The van der Waals surface area contributed by atoms with Gasteiger partial charge < -0.3 is 31.3 Å². The van der Waals surface area contributed by atoms with Crippen LogP contribution in [-0.2, 0) is 4.79 Å². The van der Waals surface area contributed by atoms with Gasteiger partial charge in [-0.05, 0) is 35.9 Å². The molecule has 202 valence electrons. The van der Waals surface area contributed by atoms with Gasteiger partial charge in [0.2, 0.25) is 16.8 Å². The summed E-state index contributed by atoms with van der Waals surface area (Å²) >= 11 is 0. The molecular formula is C32H31N4O4+. The number of ketones is 1. The third-order valence-electron chi connectivity index (χ3n) is 8.40. The minimum absolute atomic E-state index is 0.0153. The molecule has 2 unspecified atom stereocenters. The molecule has 2 aliphatic heterocycles. The van der Waals surface area contributed by atoms with Crippen molar-refractivity contribution >= 4 is 55.5 Å². The summed E-state index contributed by atoms with van der Waals surface area (Å²) in [6, 6.07) is 19.6. The maximum Gasteiger partial charge on any atom is 0.233 e. The zero-order chi connectivity index (χ0) is 27.8. The number of carbonyl (C=O) groups excluding carboxylic acids is 1. The van der Waals surface area contributed by atoms with Crippen LogP contribution in [0.5, 0.6) is 0 Å². The molecule has 40 heavy (non-hydrogen) atoms. The fourth-order valence-electron chi connectivity index (χ4n) is 6.45. The lowest BCUT2D eigenvalue weighted by Gasteiger charge is -2.40. The number of carbonyl (C=O) groups is 1. The van der Waals surface area contributed by atoms with Gasteiger partial charge in [0, 0.05) is 36.6 Å². The van der Waals surface area contributed by atoms with Crippen LogP contribution in [0, 0.1) is 0 Å². The lowest BCUT2D eigenvalue weighted by atomic mass is 9.79. The third-order valence-corrected chi connectivity index (χ3v) is 8.40. The fraction of sp³-hybridized carbons (Fsp3) is 0.250. The van der Waals surface area contributed by atoms with E-state index >= 15 is 0 Å². The second-order valence-corrected chi connectivity index (χ2v) is 11.3. The Balaban J connectivity index is 1.48. The predicted octanol–water partition coefficient (Wildman–Crippen LogP) is 1.86. The summed E-state index contributed by atoms with van der Waals surface area (Å²) in [6.07, 6.45) is 0.894. The molecule has 0 aromatic heterocycles. The monoisotopic (exact) mass is 535 g/mol. The number of hydrogen-bond acceptors (Lipinski definition) is 7. The number of hydrogen-bond donors (Lipinski definition) is 7. The number of aliphatic hydroxyl groups is 3. The molecular weight excluding hydrogens is 504 g/mol. The lowest BCUT2D eigenvalue weighted by Crippen LogP contribution is -2.95. The van der Waals surface area contributed by atoms with Crippen LogP contribution in [0.3, 0.4) is 0 Å². The van der Waals surface area contributed by atoms with Gasteiger partial charge in [-0.2, -0.15) is 0 Å². The van der Waals surface area contributed by atoms with E-state index in [0.29, 0.717) is 23.6 Å². The van der Waals surface area contributed by atoms with E-state index in [4.69, 9.17) is 0 Å². The summed E-state index contributed by atoms with van der Waals surface area (Å²) in [7, 11) is 0. The highest BCUT2D eigenvalue weighted by atomic mass is 16.3. The number of benzene rings is 4. The zero-order valence-electron chi connectivity index (χ0n) is 22.4. The topological polar surface area (TPSA) is 128 Å². The van der Waals surface area contributed by atoms with Gasteiger partial charge in [0.15, 0.2) is 0 Å². The predicted molar refractivity (Wildman–Crippen MR) is 156 cm³/mol. The molecule has 1 aliphatic carbocycles. The molecule has 0 amide bonds. The maximum atomic E-state index is 13.9.